The predicted octanol–water partition coefficient (Wildman–Crippen LogP) is 1.02. The van der Waals surface area contributed by atoms with E-state index in [-0.39, 0.29) is 5.82 Å². The summed E-state index contributed by atoms with van der Waals surface area (Å²) < 4.78 is 12.1. The van der Waals surface area contributed by atoms with Gasteiger partial charge in [0.25, 0.3) is 0 Å². The second-order valence-electron chi connectivity index (χ2n) is 1.47. The molecule has 0 aliphatic heterocycles. The van der Waals surface area contributed by atoms with Crippen molar-refractivity contribution in [1.82, 2.24) is 4.98 Å². The molecule has 4 heteroatoms. The fourth-order valence-electron chi connectivity index (χ4n) is 0.442. The van der Waals surface area contributed by atoms with Gasteiger partial charge in [0.1, 0.15) is 11.6 Å². The fourth-order valence-corrected chi connectivity index (χ4v) is 0.442. The quantitative estimate of drug-likeness (QED) is 0.555. The number of halogens is 1. The van der Waals surface area contributed by atoms with E-state index in [0.717, 1.165) is 6.20 Å². The van der Waals surface area contributed by atoms with Crippen molar-refractivity contribution >= 4 is 5.82 Å². The molecule has 0 spiro atoms. The molecule has 48 valence electrons. The van der Waals surface area contributed by atoms with E-state index in [1.807, 2.05) is 0 Å². The van der Waals surface area contributed by atoms with Crippen molar-refractivity contribution in [2.75, 3.05) is 5.48 Å². The Hall–Kier alpha value is -1.16. The lowest BCUT2D eigenvalue weighted by Crippen LogP contribution is -1.91. The molecule has 1 rings (SSSR count). The van der Waals surface area contributed by atoms with E-state index in [1.165, 1.54) is 12.1 Å². The first kappa shape index (κ1) is 5.97. The van der Waals surface area contributed by atoms with Gasteiger partial charge >= 0.3 is 0 Å². The maximum atomic E-state index is 12.1. The molecule has 0 saturated carbocycles. The Labute approximate surface area is 51.1 Å². The Bertz CT molecular complexity index is 187. The van der Waals surface area contributed by atoms with Gasteiger partial charge in [0.15, 0.2) is 0 Å². The molecule has 1 aromatic heterocycles. The van der Waals surface area contributed by atoms with Crippen LogP contribution in [0.5, 0.6) is 0 Å². The van der Waals surface area contributed by atoms with Crippen LogP contribution in [-0.2, 0) is 0 Å². The first-order chi connectivity index (χ1) is 4.33. The molecule has 1 aromatic rings. The number of pyridine rings is 1. The number of aromatic nitrogens is 1. The van der Waals surface area contributed by atoms with E-state index in [1.54, 1.807) is 5.48 Å². The number of rotatable bonds is 1. The van der Waals surface area contributed by atoms with Gasteiger partial charge in [-0.05, 0) is 12.1 Å². The predicted molar refractivity (Wildman–Crippen MR) is 29.6 cm³/mol. The molecule has 9 heavy (non-hydrogen) atoms. The van der Waals surface area contributed by atoms with Gasteiger partial charge in [-0.1, -0.05) is 0 Å². The number of anilines is 1. The molecular weight excluding hydrogens is 123 g/mol. The van der Waals surface area contributed by atoms with E-state index in [4.69, 9.17) is 5.21 Å². The summed E-state index contributed by atoms with van der Waals surface area (Å²) in [6.45, 7) is 0. The highest BCUT2D eigenvalue weighted by molar-refractivity contribution is 5.29. The highest BCUT2D eigenvalue weighted by atomic mass is 19.1. The van der Waals surface area contributed by atoms with Crippen LogP contribution in [0.1, 0.15) is 0 Å². The summed E-state index contributed by atoms with van der Waals surface area (Å²) in [6, 6.07) is 2.53. The highest BCUT2D eigenvalue weighted by Gasteiger charge is 1.89. The number of nitrogens with zero attached hydrogens (tertiary/aromatic N) is 1. The maximum Gasteiger partial charge on any atom is 0.149 e. The molecule has 0 aliphatic carbocycles. The zero-order chi connectivity index (χ0) is 6.69. The van der Waals surface area contributed by atoms with Crippen LogP contribution in [-0.4, -0.2) is 10.2 Å². The third-order valence-corrected chi connectivity index (χ3v) is 0.842. The highest BCUT2D eigenvalue weighted by Crippen LogP contribution is 2.00. The summed E-state index contributed by atoms with van der Waals surface area (Å²) in [5, 5.41) is 8.19. The van der Waals surface area contributed by atoms with Crippen molar-refractivity contribution in [3.8, 4) is 0 Å². The van der Waals surface area contributed by atoms with E-state index in [0.29, 0.717) is 0 Å². The molecule has 2 N–H and O–H groups in total. The van der Waals surface area contributed by atoms with Crippen molar-refractivity contribution in [2.45, 2.75) is 0 Å². The van der Waals surface area contributed by atoms with Crippen molar-refractivity contribution in [3.63, 3.8) is 0 Å². The van der Waals surface area contributed by atoms with Gasteiger partial charge in [-0.3, -0.25) is 10.7 Å². The van der Waals surface area contributed by atoms with Crippen LogP contribution in [0.4, 0.5) is 10.2 Å². The van der Waals surface area contributed by atoms with Gasteiger partial charge < -0.3 is 0 Å². The number of hydrogen-bond donors (Lipinski definition) is 2. The first-order valence-corrected chi connectivity index (χ1v) is 2.34. The van der Waals surface area contributed by atoms with Gasteiger partial charge in [0.2, 0.25) is 0 Å². The zero-order valence-corrected chi connectivity index (χ0v) is 4.50. The number of nitrogens with one attached hydrogen (secondary N) is 1. The smallest absolute Gasteiger partial charge is 0.149 e. The molecule has 0 saturated heterocycles. The normalized spacial score (nSPS) is 9.11. The lowest BCUT2D eigenvalue weighted by Gasteiger charge is -1.93. The molecule has 1 heterocycles. The first-order valence-electron chi connectivity index (χ1n) is 2.34. The largest absolute Gasteiger partial charge is 0.290 e. The van der Waals surface area contributed by atoms with Gasteiger partial charge in [0.05, 0.1) is 6.20 Å². The maximum absolute atomic E-state index is 12.1. The second-order valence-corrected chi connectivity index (χ2v) is 1.47. The van der Waals surface area contributed by atoms with Crippen molar-refractivity contribution in [1.29, 1.82) is 0 Å². The van der Waals surface area contributed by atoms with E-state index >= 15 is 0 Å². The molecule has 0 unspecified atom stereocenters. The Morgan fingerprint density at radius 3 is 2.78 bits per heavy atom. The topological polar surface area (TPSA) is 45.1 Å². The molecule has 0 atom stereocenters. The van der Waals surface area contributed by atoms with Gasteiger partial charge in [-0.15, -0.1) is 0 Å². The van der Waals surface area contributed by atoms with Crippen molar-refractivity contribution in [2.24, 2.45) is 0 Å². The average Bonchev–Trinajstić information content (AvgIpc) is 1.90. The van der Waals surface area contributed by atoms with E-state index in [9.17, 15) is 4.39 Å². The average molecular weight is 128 g/mol. The molecular formula is C5H5FN2O. The third kappa shape index (κ3) is 1.36. The second kappa shape index (κ2) is 2.41. The standard InChI is InChI=1S/C5H5FN2O/c6-4-1-2-5(8-9)7-3-4/h1-3,9H,(H,7,8). The van der Waals surface area contributed by atoms with Crippen LogP contribution in [0.15, 0.2) is 18.3 Å². The molecule has 3 nitrogen and oxygen atoms in total. The Balaban J connectivity index is 2.88. The Morgan fingerprint density at radius 1 is 1.56 bits per heavy atom. The fraction of sp³-hybridized carbons (Fsp3) is 0. The van der Waals surface area contributed by atoms with Crippen molar-refractivity contribution in [3.05, 3.63) is 24.1 Å². The Kier molecular flexibility index (Phi) is 1.60. The van der Waals surface area contributed by atoms with Crippen LogP contribution in [0.2, 0.25) is 0 Å². The van der Waals surface area contributed by atoms with Crippen LogP contribution < -0.4 is 5.48 Å². The molecule has 0 amide bonds. The molecule has 0 aromatic carbocycles. The van der Waals surface area contributed by atoms with Crippen LogP contribution in [0.25, 0.3) is 0 Å². The van der Waals surface area contributed by atoms with Crippen molar-refractivity contribution < 1.29 is 9.60 Å². The van der Waals surface area contributed by atoms with Crippen LogP contribution in [0.3, 0.4) is 0 Å². The minimum atomic E-state index is -0.422. The summed E-state index contributed by atoms with van der Waals surface area (Å²) in [5.74, 6) is -0.189. The summed E-state index contributed by atoms with van der Waals surface area (Å²) in [7, 11) is 0. The lowest BCUT2D eigenvalue weighted by atomic mass is 10.4. The molecule has 0 fully saturated rings. The minimum absolute atomic E-state index is 0.233. The summed E-state index contributed by atoms with van der Waals surface area (Å²) in [4.78, 5) is 3.46. The Morgan fingerprint density at radius 2 is 2.33 bits per heavy atom. The monoisotopic (exact) mass is 128 g/mol. The molecule has 0 bridgehead atoms. The molecule has 0 radical (unpaired) electrons. The lowest BCUT2D eigenvalue weighted by molar-refractivity contribution is 0.385. The van der Waals surface area contributed by atoms with Crippen LogP contribution >= 0.6 is 0 Å². The van der Waals surface area contributed by atoms with Gasteiger partial charge in [0, 0.05) is 0 Å². The minimum Gasteiger partial charge on any atom is -0.290 e. The van der Waals surface area contributed by atoms with E-state index in [2.05, 4.69) is 4.98 Å². The molecule has 0 aliphatic rings. The summed E-state index contributed by atoms with van der Waals surface area (Å²) in [6.07, 6.45) is 1.01. The zero-order valence-electron chi connectivity index (χ0n) is 4.50. The summed E-state index contributed by atoms with van der Waals surface area (Å²) in [5.41, 5.74) is 1.78. The summed E-state index contributed by atoms with van der Waals surface area (Å²) >= 11 is 0. The van der Waals surface area contributed by atoms with Crippen LogP contribution in [0, 0.1) is 5.82 Å². The van der Waals surface area contributed by atoms with Gasteiger partial charge in [-0.2, -0.15) is 0 Å². The third-order valence-electron chi connectivity index (χ3n) is 0.842. The SMILES string of the molecule is ONc1ccc(F)cn1. The van der Waals surface area contributed by atoms with Gasteiger partial charge in [-0.25, -0.2) is 9.37 Å². The number of hydrogen-bond acceptors (Lipinski definition) is 3. The van der Waals surface area contributed by atoms with E-state index < -0.39 is 5.82 Å².